The number of cyclic esters (lactones) is 2. The van der Waals surface area contributed by atoms with Crippen LogP contribution in [0.4, 0.5) is 4.79 Å². The highest BCUT2D eigenvalue weighted by atomic mass is 16.8. The van der Waals surface area contributed by atoms with Crippen LogP contribution in [0.1, 0.15) is 15.9 Å². The Labute approximate surface area is 211 Å². The van der Waals surface area contributed by atoms with Crippen LogP contribution in [0.2, 0.25) is 0 Å². The van der Waals surface area contributed by atoms with Crippen molar-refractivity contribution in [2.75, 3.05) is 13.7 Å². The van der Waals surface area contributed by atoms with Gasteiger partial charge in [-0.25, -0.2) is 9.59 Å². The van der Waals surface area contributed by atoms with Crippen LogP contribution >= 0.6 is 0 Å². The van der Waals surface area contributed by atoms with Gasteiger partial charge in [0.15, 0.2) is 18.3 Å². The minimum atomic E-state index is -1.23. The molecule has 2 aliphatic carbocycles. The van der Waals surface area contributed by atoms with Crippen molar-refractivity contribution in [3.63, 3.8) is 0 Å². The number of rotatable bonds is 4. The Bertz CT molecular complexity index is 1560. The zero-order valence-electron chi connectivity index (χ0n) is 19.7. The van der Waals surface area contributed by atoms with E-state index < -0.39 is 42.1 Å². The molecule has 5 atom stereocenters. The van der Waals surface area contributed by atoms with Crippen molar-refractivity contribution in [1.82, 2.24) is 0 Å². The van der Waals surface area contributed by atoms with E-state index in [1.165, 1.54) is 25.3 Å². The number of esters is 1. The van der Waals surface area contributed by atoms with Crippen LogP contribution in [0.25, 0.3) is 10.8 Å². The van der Waals surface area contributed by atoms with Gasteiger partial charge in [0, 0.05) is 16.5 Å². The van der Waals surface area contributed by atoms with Crippen LogP contribution in [-0.2, 0) is 18.9 Å². The summed E-state index contributed by atoms with van der Waals surface area (Å²) in [5.74, 6) is 11.1. The summed E-state index contributed by atoms with van der Waals surface area (Å²) in [6.07, 6.45) is -1.39. The maximum absolute atomic E-state index is 13.3. The molecule has 0 spiro atoms. The SMILES string of the molecule is COc1cc(C)c2ccc(O)c(C(=O)O[C@@H]3C=C4C#C[C@@]5([C@H]6COC(=O)O6)O[C@H]5C#C/C=C\4[C@H]3O)c2c1. The first-order valence-corrected chi connectivity index (χ1v) is 11.5. The molecule has 0 unspecified atom stereocenters. The fraction of sp³-hybridized carbons (Fsp3) is 0.286. The molecule has 6 rings (SSSR count). The highest BCUT2D eigenvalue weighted by Gasteiger charge is 2.64. The molecule has 9 nitrogen and oxygen atoms in total. The van der Waals surface area contributed by atoms with Gasteiger partial charge in [-0.1, -0.05) is 29.7 Å². The molecule has 186 valence electrons. The minimum Gasteiger partial charge on any atom is -0.507 e. The summed E-state index contributed by atoms with van der Waals surface area (Å²) >= 11 is 0. The second kappa shape index (κ2) is 8.31. The molecular formula is C28H20O9. The zero-order valence-corrected chi connectivity index (χ0v) is 19.7. The fourth-order valence-corrected chi connectivity index (χ4v) is 4.77. The molecule has 4 aliphatic rings. The quantitative estimate of drug-likeness (QED) is 0.370. The molecule has 0 aromatic heterocycles. The lowest BCUT2D eigenvalue weighted by Crippen LogP contribution is -2.33. The van der Waals surface area contributed by atoms with Gasteiger partial charge < -0.3 is 33.9 Å². The van der Waals surface area contributed by atoms with E-state index in [2.05, 4.69) is 23.7 Å². The zero-order chi connectivity index (χ0) is 25.9. The van der Waals surface area contributed by atoms with Gasteiger partial charge in [0.2, 0.25) is 5.60 Å². The van der Waals surface area contributed by atoms with Gasteiger partial charge >= 0.3 is 12.1 Å². The molecule has 2 heterocycles. The Morgan fingerprint density at radius 3 is 2.84 bits per heavy atom. The summed E-state index contributed by atoms with van der Waals surface area (Å²) in [7, 11) is 1.51. The Morgan fingerprint density at radius 1 is 1.24 bits per heavy atom. The van der Waals surface area contributed by atoms with E-state index in [9.17, 15) is 19.8 Å². The number of carbonyl (C=O) groups excluding carboxylic acids is 2. The number of hydrogen-bond acceptors (Lipinski definition) is 9. The van der Waals surface area contributed by atoms with Crippen molar-refractivity contribution in [3.05, 3.63) is 58.7 Å². The lowest BCUT2D eigenvalue weighted by Gasteiger charge is -2.17. The van der Waals surface area contributed by atoms with E-state index in [-0.39, 0.29) is 17.9 Å². The predicted octanol–water partition coefficient (Wildman–Crippen LogP) is 2.31. The molecule has 2 fully saturated rings. The number of allylic oxidation sites excluding steroid dienone is 1. The lowest BCUT2D eigenvalue weighted by molar-refractivity contribution is 0.0139. The highest BCUT2D eigenvalue weighted by molar-refractivity contribution is 6.08. The molecule has 0 amide bonds. The molecule has 0 bridgehead atoms. The number of aryl methyl sites for hydroxylation is 1. The second-order valence-corrected chi connectivity index (χ2v) is 8.99. The third kappa shape index (κ3) is 3.68. The van der Waals surface area contributed by atoms with Crippen molar-refractivity contribution in [2.24, 2.45) is 0 Å². The van der Waals surface area contributed by atoms with Crippen molar-refractivity contribution >= 4 is 22.9 Å². The number of phenols is 1. The van der Waals surface area contributed by atoms with Gasteiger partial charge in [-0.15, -0.1) is 0 Å². The Balaban J connectivity index is 1.32. The Morgan fingerprint density at radius 2 is 2.08 bits per heavy atom. The number of ether oxygens (including phenoxy) is 5. The summed E-state index contributed by atoms with van der Waals surface area (Å²) in [5, 5.41) is 22.7. The first kappa shape index (κ1) is 23.0. The fourth-order valence-electron chi connectivity index (χ4n) is 4.77. The topological polar surface area (TPSA) is 124 Å². The summed E-state index contributed by atoms with van der Waals surface area (Å²) in [4.78, 5) is 24.7. The monoisotopic (exact) mass is 500 g/mol. The molecule has 0 saturated carbocycles. The lowest BCUT2D eigenvalue weighted by atomic mass is 9.98. The van der Waals surface area contributed by atoms with E-state index in [0.717, 1.165) is 10.9 Å². The Hall–Kier alpha value is -4.44. The molecule has 2 N–H and O–H groups in total. The summed E-state index contributed by atoms with van der Waals surface area (Å²) in [6.45, 7) is 1.86. The van der Waals surface area contributed by atoms with E-state index in [0.29, 0.717) is 22.3 Å². The van der Waals surface area contributed by atoms with Crippen molar-refractivity contribution < 1.29 is 43.5 Å². The summed E-state index contributed by atoms with van der Waals surface area (Å²) in [5.41, 5.74) is 0.470. The largest absolute Gasteiger partial charge is 0.508 e. The third-order valence-electron chi connectivity index (χ3n) is 6.80. The number of aliphatic hydroxyl groups is 1. The summed E-state index contributed by atoms with van der Waals surface area (Å²) in [6, 6.07) is 6.61. The number of hydrogen-bond donors (Lipinski definition) is 2. The van der Waals surface area contributed by atoms with Crippen LogP contribution in [0.5, 0.6) is 11.5 Å². The molecule has 37 heavy (non-hydrogen) atoms. The molecule has 2 aromatic rings. The van der Waals surface area contributed by atoms with E-state index in [4.69, 9.17) is 23.7 Å². The van der Waals surface area contributed by atoms with Crippen molar-refractivity contribution in [2.45, 2.75) is 36.9 Å². The van der Waals surface area contributed by atoms with Gasteiger partial charge in [0.1, 0.15) is 29.8 Å². The average Bonchev–Trinajstić information content (AvgIpc) is 3.22. The normalized spacial score (nSPS) is 30.2. The molecule has 2 aromatic carbocycles. The number of aromatic hydroxyl groups is 1. The van der Waals surface area contributed by atoms with Gasteiger partial charge in [0.05, 0.1) is 7.11 Å². The molecular weight excluding hydrogens is 480 g/mol. The highest BCUT2D eigenvalue weighted by Crippen LogP contribution is 2.43. The second-order valence-electron chi connectivity index (χ2n) is 8.99. The van der Waals surface area contributed by atoms with E-state index in [1.54, 1.807) is 12.1 Å². The van der Waals surface area contributed by atoms with Gasteiger partial charge in [0.25, 0.3) is 0 Å². The van der Waals surface area contributed by atoms with Crippen LogP contribution in [0.3, 0.4) is 0 Å². The number of aliphatic hydroxyl groups excluding tert-OH is 1. The average molecular weight is 500 g/mol. The van der Waals surface area contributed by atoms with Crippen LogP contribution in [0, 0.1) is 30.6 Å². The van der Waals surface area contributed by atoms with Gasteiger partial charge in [-0.3, -0.25) is 0 Å². The van der Waals surface area contributed by atoms with Crippen LogP contribution < -0.4 is 4.74 Å². The van der Waals surface area contributed by atoms with Crippen molar-refractivity contribution in [1.29, 1.82) is 0 Å². The number of phenolic OH excluding ortho intramolecular Hbond substituents is 1. The minimum absolute atomic E-state index is 0.00727. The van der Waals surface area contributed by atoms with Crippen molar-refractivity contribution in [3.8, 4) is 35.2 Å². The molecule has 2 aliphatic heterocycles. The maximum atomic E-state index is 13.3. The van der Waals surface area contributed by atoms with E-state index >= 15 is 0 Å². The number of epoxide rings is 1. The summed E-state index contributed by atoms with van der Waals surface area (Å²) < 4.78 is 26.7. The predicted molar refractivity (Wildman–Crippen MR) is 128 cm³/mol. The number of carbonyl (C=O) groups is 2. The molecule has 2 saturated heterocycles. The standard InChI is InChI=1S/C28H20O9/c1-14-10-16(33-2)12-19-17(14)6-7-20(29)24(19)26(31)35-21-11-15-8-9-28(23-13-34-27(32)36-23)22(37-28)5-3-4-18(15)25(21)30/h4,6-7,10-12,21-23,25,29-30H,13H2,1-2H3/b18-4+/t21-,22+,23-,25-,28-/m1/s1. The van der Waals surface area contributed by atoms with Crippen LogP contribution in [0.15, 0.2) is 47.6 Å². The number of methoxy groups -OCH3 is 1. The first-order valence-electron chi connectivity index (χ1n) is 11.5. The maximum Gasteiger partial charge on any atom is 0.508 e. The van der Waals surface area contributed by atoms with Gasteiger partial charge in [-0.05, 0) is 48.2 Å². The molecule has 0 radical (unpaired) electrons. The van der Waals surface area contributed by atoms with Crippen LogP contribution in [-0.4, -0.2) is 66.1 Å². The van der Waals surface area contributed by atoms with Gasteiger partial charge in [-0.2, -0.15) is 0 Å². The number of benzene rings is 2. The third-order valence-corrected chi connectivity index (χ3v) is 6.80. The Kier molecular flexibility index (Phi) is 5.16. The van der Waals surface area contributed by atoms with E-state index in [1.807, 2.05) is 13.0 Å². The number of fused-ring (bicyclic) bond motifs is 3. The smallest absolute Gasteiger partial charge is 0.507 e. The first-order chi connectivity index (χ1) is 17.8. The molecule has 9 heteroatoms.